The lowest BCUT2D eigenvalue weighted by Crippen LogP contribution is -2.44. The van der Waals surface area contributed by atoms with E-state index in [1.54, 1.807) is 0 Å². The van der Waals surface area contributed by atoms with Crippen LogP contribution in [0.25, 0.3) is 22.0 Å². The number of aromatic nitrogens is 4. The summed E-state index contributed by atoms with van der Waals surface area (Å²) in [4.78, 5) is 25.7. The van der Waals surface area contributed by atoms with Gasteiger partial charge in [0.05, 0.1) is 30.6 Å². The lowest BCUT2D eigenvalue weighted by Gasteiger charge is -2.33. The Bertz CT molecular complexity index is 1310. The van der Waals surface area contributed by atoms with Crippen LogP contribution >= 0.6 is 0 Å². The molecule has 2 aliphatic rings. The number of pyridine rings is 2. The molecule has 36 heavy (non-hydrogen) atoms. The van der Waals surface area contributed by atoms with Crippen LogP contribution in [-0.2, 0) is 4.74 Å². The largest absolute Gasteiger partial charge is 0.378 e. The molecule has 0 unspecified atom stereocenters. The van der Waals surface area contributed by atoms with Crippen LogP contribution < -0.4 is 15.1 Å². The van der Waals surface area contributed by atoms with E-state index in [1.165, 1.54) is 0 Å². The maximum Gasteiger partial charge on any atom is 0.227 e. The van der Waals surface area contributed by atoms with Gasteiger partial charge < -0.3 is 24.8 Å². The van der Waals surface area contributed by atoms with Gasteiger partial charge in [-0.25, -0.2) is 19.9 Å². The van der Waals surface area contributed by atoms with E-state index in [4.69, 9.17) is 14.7 Å². The number of ether oxygens (including phenoxy) is 1. The summed E-state index contributed by atoms with van der Waals surface area (Å²) in [7, 11) is 2.16. The number of nitrogens with one attached hydrogen (secondary N) is 1. The smallest absolute Gasteiger partial charge is 0.227 e. The Morgan fingerprint density at radius 3 is 2.22 bits per heavy atom. The van der Waals surface area contributed by atoms with Gasteiger partial charge in [-0.1, -0.05) is 18.2 Å². The summed E-state index contributed by atoms with van der Waals surface area (Å²) in [5.74, 6) is 2.52. The van der Waals surface area contributed by atoms with Gasteiger partial charge in [0.1, 0.15) is 11.6 Å². The predicted octanol–water partition coefficient (Wildman–Crippen LogP) is 3.42. The molecule has 0 bridgehead atoms. The molecule has 0 saturated carbocycles. The van der Waals surface area contributed by atoms with E-state index in [-0.39, 0.29) is 0 Å². The van der Waals surface area contributed by atoms with E-state index in [0.717, 1.165) is 91.8 Å². The van der Waals surface area contributed by atoms with Crippen molar-refractivity contribution in [2.75, 3.05) is 74.6 Å². The standard InChI is InChI=1S/C27H30N8O/c1-33-9-11-34(12-10-33)24-7-5-20(17-28-24)23-4-2-3-21-18-30-27(32-26(21)23)31-22-6-8-25(29-19-22)35-13-15-36-16-14-35/h2-8,17-19H,9-16H2,1H3,(H,30,31,32). The zero-order valence-corrected chi connectivity index (χ0v) is 20.5. The van der Waals surface area contributed by atoms with Gasteiger partial charge in [0.25, 0.3) is 0 Å². The molecule has 4 aromatic rings. The Kier molecular flexibility index (Phi) is 6.31. The molecule has 2 aliphatic heterocycles. The molecule has 1 aromatic carbocycles. The third-order valence-corrected chi connectivity index (χ3v) is 6.84. The average molecular weight is 483 g/mol. The number of anilines is 4. The number of hydrogen-bond donors (Lipinski definition) is 1. The molecule has 9 nitrogen and oxygen atoms in total. The summed E-state index contributed by atoms with van der Waals surface area (Å²) < 4.78 is 5.43. The van der Waals surface area contributed by atoms with Crippen molar-refractivity contribution >= 4 is 34.2 Å². The van der Waals surface area contributed by atoms with Gasteiger partial charge in [0.2, 0.25) is 5.95 Å². The normalized spacial score (nSPS) is 16.9. The second kappa shape index (κ2) is 10.0. The summed E-state index contributed by atoms with van der Waals surface area (Å²) >= 11 is 0. The highest BCUT2D eigenvalue weighted by Gasteiger charge is 2.16. The maximum atomic E-state index is 5.43. The fraction of sp³-hybridized carbons (Fsp3) is 0.333. The van der Waals surface area contributed by atoms with Crippen molar-refractivity contribution in [3.63, 3.8) is 0 Å². The van der Waals surface area contributed by atoms with Crippen LogP contribution in [0.15, 0.2) is 61.1 Å². The first-order chi connectivity index (χ1) is 17.7. The summed E-state index contributed by atoms with van der Waals surface area (Å²) in [5.41, 5.74) is 3.82. The van der Waals surface area contributed by atoms with E-state index in [2.05, 4.69) is 55.2 Å². The SMILES string of the molecule is CN1CCN(c2ccc(-c3cccc4cnc(Nc5ccc(N6CCOCC6)nc5)nc34)cn2)CC1. The van der Waals surface area contributed by atoms with Crippen molar-refractivity contribution in [1.82, 2.24) is 24.8 Å². The van der Waals surface area contributed by atoms with Crippen LogP contribution in [-0.4, -0.2) is 84.4 Å². The Morgan fingerprint density at radius 2 is 1.50 bits per heavy atom. The van der Waals surface area contributed by atoms with Gasteiger partial charge in [-0.2, -0.15) is 0 Å². The second-order valence-electron chi connectivity index (χ2n) is 9.26. The Hall–Kier alpha value is -3.82. The number of para-hydroxylation sites is 1. The number of piperazine rings is 1. The average Bonchev–Trinajstić information content (AvgIpc) is 2.94. The number of fused-ring (bicyclic) bond motifs is 1. The predicted molar refractivity (Wildman–Crippen MR) is 143 cm³/mol. The molecule has 0 atom stereocenters. The number of benzene rings is 1. The fourth-order valence-electron chi connectivity index (χ4n) is 4.69. The highest BCUT2D eigenvalue weighted by molar-refractivity contribution is 5.93. The number of likely N-dealkylation sites (N-methyl/N-ethyl adjacent to an activating group) is 1. The zero-order valence-electron chi connectivity index (χ0n) is 20.5. The molecular formula is C27H30N8O. The number of nitrogens with zero attached hydrogens (tertiary/aromatic N) is 7. The Balaban J connectivity index is 1.22. The first-order valence-electron chi connectivity index (χ1n) is 12.4. The van der Waals surface area contributed by atoms with Gasteiger partial charge in [0.15, 0.2) is 0 Å². The zero-order chi connectivity index (χ0) is 24.3. The molecular weight excluding hydrogens is 452 g/mol. The van der Waals surface area contributed by atoms with Crippen molar-refractivity contribution < 1.29 is 4.74 Å². The molecule has 3 aromatic heterocycles. The summed E-state index contributed by atoms with van der Waals surface area (Å²) in [6, 6.07) is 14.4. The van der Waals surface area contributed by atoms with Crippen LogP contribution in [0.2, 0.25) is 0 Å². The van der Waals surface area contributed by atoms with Gasteiger partial charge in [-0.15, -0.1) is 0 Å². The van der Waals surface area contributed by atoms with Crippen LogP contribution in [0.5, 0.6) is 0 Å². The molecule has 5 heterocycles. The van der Waals surface area contributed by atoms with Crippen LogP contribution in [0, 0.1) is 0 Å². The van der Waals surface area contributed by atoms with Crippen LogP contribution in [0.3, 0.4) is 0 Å². The minimum Gasteiger partial charge on any atom is -0.378 e. The highest BCUT2D eigenvalue weighted by Crippen LogP contribution is 2.29. The summed E-state index contributed by atoms with van der Waals surface area (Å²) in [5, 5.41) is 4.29. The molecule has 0 radical (unpaired) electrons. The fourth-order valence-corrected chi connectivity index (χ4v) is 4.69. The molecule has 184 valence electrons. The monoisotopic (exact) mass is 482 g/mol. The molecule has 9 heteroatoms. The number of rotatable bonds is 5. The first-order valence-corrected chi connectivity index (χ1v) is 12.4. The minimum atomic E-state index is 0.540. The summed E-state index contributed by atoms with van der Waals surface area (Å²) in [6.07, 6.45) is 5.63. The number of hydrogen-bond acceptors (Lipinski definition) is 9. The van der Waals surface area contributed by atoms with Crippen LogP contribution in [0.4, 0.5) is 23.3 Å². The van der Waals surface area contributed by atoms with Crippen molar-refractivity contribution in [2.45, 2.75) is 0 Å². The third-order valence-electron chi connectivity index (χ3n) is 6.84. The minimum absolute atomic E-state index is 0.540. The molecule has 2 fully saturated rings. The first kappa shape index (κ1) is 22.6. The van der Waals surface area contributed by atoms with Crippen molar-refractivity contribution in [2.24, 2.45) is 0 Å². The van der Waals surface area contributed by atoms with Crippen LogP contribution in [0.1, 0.15) is 0 Å². The lowest BCUT2D eigenvalue weighted by atomic mass is 10.0. The third kappa shape index (κ3) is 4.80. The molecule has 1 N–H and O–H groups in total. The van der Waals surface area contributed by atoms with Crippen molar-refractivity contribution in [3.8, 4) is 11.1 Å². The second-order valence-corrected chi connectivity index (χ2v) is 9.26. The summed E-state index contributed by atoms with van der Waals surface area (Å²) in [6.45, 7) is 7.33. The van der Waals surface area contributed by atoms with Gasteiger partial charge in [-0.05, 0) is 31.3 Å². The molecule has 2 saturated heterocycles. The van der Waals surface area contributed by atoms with E-state index in [0.29, 0.717) is 5.95 Å². The topological polar surface area (TPSA) is 82.5 Å². The number of morpholine rings is 1. The van der Waals surface area contributed by atoms with E-state index in [9.17, 15) is 0 Å². The molecule has 0 amide bonds. The Morgan fingerprint density at radius 1 is 0.750 bits per heavy atom. The highest BCUT2D eigenvalue weighted by atomic mass is 16.5. The molecule has 0 spiro atoms. The quantitative estimate of drug-likeness (QED) is 0.460. The van der Waals surface area contributed by atoms with Gasteiger partial charge >= 0.3 is 0 Å². The Labute approximate surface area is 210 Å². The van der Waals surface area contributed by atoms with E-state index in [1.807, 2.05) is 42.9 Å². The van der Waals surface area contributed by atoms with Gasteiger partial charge in [0, 0.05) is 68.2 Å². The molecule has 0 aliphatic carbocycles. The lowest BCUT2D eigenvalue weighted by molar-refractivity contribution is 0.122. The van der Waals surface area contributed by atoms with Gasteiger partial charge in [-0.3, -0.25) is 0 Å². The molecule has 6 rings (SSSR count). The van der Waals surface area contributed by atoms with E-state index >= 15 is 0 Å². The van der Waals surface area contributed by atoms with Crippen molar-refractivity contribution in [3.05, 3.63) is 61.1 Å². The van der Waals surface area contributed by atoms with E-state index < -0.39 is 0 Å². The van der Waals surface area contributed by atoms with Crippen molar-refractivity contribution in [1.29, 1.82) is 0 Å². The maximum absolute atomic E-state index is 5.43.